The van der Waals surface area contributed by atoms with E-state index in [-0.39, 0.29) is 23.4 Å². The first-order valence-electron chi connectivity index (χ1n) is 8.60. The molecule has 1 aliphatic rings. The Morgan fingerprint density at radius 2 is 1.77 bits per heavy atom. The average molecular weight is 374 g/mol. The van der Waals surface area contributed by atoms with Crippen LogP contribution in [0.2, 0.25) is 0 Å². The summed E-state index contributed by atoms with van der Waals surface area (Å²) in [7, 11) is -3.88. The first kappa shape index (κ1) is 18.3. The summed E-state index contributed by atoms with van der Waals surface area (Å²) in [6.07, 6.45) is 1.89. The number of hydrogen-bond acceptors (Lipinski definition) is 4. The number of carbonyl (C=O) groups is 1. The Kier molecular flexibility index (Phi) is 5.46. The highest BCUT2D eigenvalue weighted by atomic mass is 32.2. The minimum absolute atomic E-state index is 0.115. The largest absolute Gasteiger partial charge is 0.494 e. The van der Waals surface area contributed by atoms with Gasteiger partial charge in [0.25, 0.3) is 10.0 Å². The van der Waals surface area contributed by atoms with Gasteiger partial charge in [-0.15, -0.1) is 0 Å². The van der Waals surface area contributed by atoms with Crippen LogP contribution in [-0.4, -0.2) is 33.5 Å². The van der Waals surface area contributed by atoms with E-state index in [2.05, 4.69) is 5.32 Å². The summed E-state index contributed by atoms with van der Waals surface area (Å²) in [4.78, 5) is 12.4. The lowest BCUT2D eigenvalue weighted by molar-refractivity contribution is -0.119. The van der Waals surface area contributed by atoms with Crippen molar-refractivity contribution in [1.29, 1.82) is 0 Å². The van der Waals surface area contributed by atoms with Crippen molar-refractivity contribution in [2.24, 2.45) is 0 Å². The zero-order valence-corrected chi connectivity index (χ0v) is 15.4. The molecule has 2 aromatic carbocycles. The zero-order chi connectivity index (χ0) is 18.6. The van der Waals surface area contributed by atoms with Gasteiger partial charge in [-0.05, 0) is 56.2 Å². The zero-order valence-electron chi connectivity index (χ0n) is 14.6. The summed E-state index contributed by atoms with van der Waals surface area (Å²) in [6, 6.07) is 15.0. The lowest BCUT2D eigenvalue weighted by Gasteiger charge is -2.24. The Morgan fingerprint density at radius 1 is 1.12 bits per heavy atom. The smallest absolute Gasteiger partial charge is 0.264 e. The Hall–Kier alpha value is -2.54. The molecular weight excluding hydrogens is 352 g/mol. The third-order valence-electron chi connectivity index (χ3n) is 4.00. The number of anilines is 1. The number of para-hydroxylation sites is 1. The molecule has 3 rings (SSSR count). The highest BCUT2D eigenvalue weighted by Gasteiger charge is 2.29. The average Bonchev–Trinajstić information content (AvgIpc) is 3.45. The summed E-state index contributed by atoms with van der Waals surface area (Å²) in [5.41, 5.74) is 0.451. The number of rotatable bonds is 8. The fraction of sp³-hybridized carbons (Fsp3) is 0.316. The van der Waals surface area contributed by atoms with Gasteiger partial charge in [0.2, 0.25) is 5.91 Å². The molecule has 1 fully saturated rings. The second-order valence-corrected chi connectivity index (χ2v) is 7.96. The number of ether oxygens (including phenoxy) is 1. The van der Waals surface area contributed by atoms with Gasteiger partial charge in [0.15, 0.2) is 0 Å². The molecule has 26 heavy (non-hydrogen) atoms. The van der Waals surface area contributed by atoms with Gasteiger partial charge in [-0.3, -0.25) is 9.10 Å². The molecule has 7 heteroatoms. The molecule has 2 aromatic rings. The molecule has 0 heterocycles. The van der Waals surface area contributed by atoms with Crippen LogP contribution in [0.15, 0.2) is 59.5 Å². The highest BCUT2D eigenvalue weighted by molar-refractivity contribution is 7.92. The van der Waals surface area contributed by atoms with Gasteiger partial charge in [0.1, 0.15) is 12.3 Å². The van der Waals surface area contributed by atoms with E-state index >= 15 is 0 Å². The second-order valence-electron chi connectivity index (χ2n) is 6.09. The Morgan fingerprint density at radius 3 is 2.35 bits per heavy atom. The lowest BCUT2D eigenvalue weighted by Crippen LogP contribution is -2.41. The molecule has 1 N–H and O–H groups in total. The van der Waals surface area contributed by atoms with Crippen LogP contribution < -0.4 is 14.4 Å². The van der Waals surface area contributed by atoms with Crippen LogP contribution in [0.25, 0.3) is 0 Å². The predicted octanol–water partition coefficient (Wildman–Crippen LogP) is 2.56. The highest BCUT2D eigenvalue weighted by Crippen LogP contribution is 2.25. The molecular formula is C19H22N2O4S. The van der Waals surface area contributed by atoms with E-state index in [0.29, 0.717) is 18.0 Å². The summed E-state index contributed by atoms with van der Waals surface area (Å²) >= 11 is 0. The van der Waals surface area contributed by atoms with Crippen LogP contribution in [0.3, 0.4) is 0 Å². The van der Waals surface area contributed by atoms with E-state index in [4.69, 9.17) is 4.74 Å². The molecule has 0 saturated heterocycles. The normalized spacial score (nSPS) is 13.9. The van der Waals surface area contributed by atoms with Crippen molar-refractivity contribution in [3.63, 3.8) is 0 Å². The van der Waals surface area contributed by atoms with Gasteiger partial charge in [-0.2, -0.15) is 0 Å². The summed E-state index contributed by atoms with van der Waals surface area (Å²) in [5, 5.41) is 2.84. The molecule has 0 bridgehead atoms. The minimum Gasteiger partial charge on any atom is -0.494 e. The fourth-order valence-electron chi connectivity index (χ4n) is 2.54. The topological polar surface area (TPSA) is 75.7 Å². The van der Waals surface area contributed by atoms with Crippen LogP contribution in [-0.2, 0) is 14.8 Å². The Balaban J connectivity index is 1.89. The molecule has 0 aromatic heterocycles. The van der Waals surface area contributed by atoms with Crippen molar-refractivity contribution < 1.29 is 17.9 Å². The molecule has 1 amide bonds. The van der Waals surface area contributed by atoms with Crippen molar-refractivity contribution in [2.75, 3.05) is 17.5 Å². The molecule has 6 nitrogen and oxygen atoms in total. The van der Waals surface area contributed by atoms with E-state index in [1.165, 1.54) is 12.1 Å². The van der Waals surface area contributed by atoms with E-state index in [1.807, 2.05) is 6.92 Å². The number of carbonyl (C=O) groups excluding carboxylic acids is 1. The van der Waals surface area contributed by atoms with Crippen LogP contribution in [0.4, 0.5) is 5.69 Å². The first-order valence-corrected chi connectivity index (χ1v) is 10.0. The van der Waals surface area contributed by atoms with Crippen LogP contribution in [0.5, 0.6) is 5.75 Å². The fourth-order valence-corrected chi connectivity index (χ4v) is 3.96. The van der Waals surface area contributed by atoms with Crippen LogP contribution in [0.1, 0.15) is 19.8 Å². The summed E-state index contributed by atoms with van der Waals surface area (Å²) in [5.74, 6) is 0.301. The van der Waals surface area contributed by atoms with Gasteiger partial charge in [-0.1, -0.05) is 18.2 Å². The van der Waals surface area contributed by atoms with E-state index in [9.17, 15) is 13.2 Å². The standard InChI is InChI=1S/C19H22N2O4S/c1-2-25-17-10-12-18(13-11-17)26(23,24)21(16-6-4-3-5-7-16)14-19(22)20-15-8-9-15/h3-7,10-13,15H,2,8-9,14H2,1H3,(H,20,22). The number of benzene rings is 2. The summed E-state index contributed by atoms with van der Waals surface area (Å²) < 4.78 is 32.8. The molecule has 0 atom stereocenters. The maximum Gasteiger partial charge on any atom is 0.264 e. The van der Waals surface area contributed by atoms with E-state index < -0.39 is 10.0 Å². The minimum atomic E-state index is -3.88. The molecule has 1 saturated carbocycles. The second kappa shape index (κ2) is 7.78. The lowest BCUT2D eigenvalue weighted by atomic mass is 10.3. The first-order chi connectivity index (χ1) is 12.5. The molecule has 0 spiro atoms. The van der Waals surface area contributed by atoms with Crippen molar-refractivity contribution in [2.45, 2.75) is 30.7 Å². The molecule has 0 radical (unpaired) electrons. The van der Waals surface area contributed by atoms with Gasteiger partial charge in [-0.25, -0.2) is 8.42 Å². The number of hydrogen-bond donors (Lipinski definition) is 1. The van der Waals surface area contributed by atoms with Gasteiger partial charge >= 0.3 is 0 Å². The van der Waals surface area contributed by atoms with Crippen LogP contribution in [0, 0.1) is 0 Å². The van der Waals surface area contributed by atoms with Crippen molar-refractivity contribution in [3.8, 4) is 5.75 Å². The quantitative estimate of drug-likeness (QED) is 0.770. The maximum absolute atomic E-state index is 13.1. The number of nitrogens with one attached hydrogen (secondary N) is 1. The Bertz CT molecular complexity index is 847. The van der Waals surface area contributed by atoms with Gasteiger partial charge in [0.05, 0.1) is 17.2 Å². The monoisotopic (exact) mass is 374 g/mol. The van der Waals surface area contributed by atoms with E-state index in [1.54, 1.807) is 42.5 Å². The van der Waals surface area contributed by atoms with Crippen molar-refractivity contribution >= 4 is 21.6 Å². The molecule has 0 unspecified atom stereocenters. The Labute approximate surface area is 153 Å². The van der Waals surface area contributed by atoms with Gasteiger partial charge in [0, 0.05) is 6.04 Å². The third kappa shape index (κ3) is 4.35. The van der Waals surface area contributed by atoms with Gasteiger partial charge < -0.3 is 10.1 Å². The summed E-state index contributed by atoms with van der Waals surface area (Å²) in [6.45, 7) is 2.11. The van der Waals surface area contributed by atoms with Crippen LogP contribution >= 0.6 is 0 Å². The SMILES string of the molecule is CCOc1ccc(S(=O)(=O)N(CC(=O)NC2CC2)c2ccccc2)cc1. The number of sulfonamides is 1. The molecule has 0 aliphatic heterocycles. The molecule has 138 valence electrons. The third-order valence-corrected chi connectivity index (χ3v) is 5.78. The van der Waals surface area contributed by atoms with Crippen molar-refractivity contribution in [3.05, 3.63) is 54.6 Å². The van der Waals surface area contributed by atoms with Crippen molar-refractivity contribution in [1.82, 2.24) is 5.32 Å². The number of nitrogens with zero attached hydrogens (tertiary/aromatic N) is 1. The van der Waals surface area contributed by atoms with E-state index in [0.717, 1.165) is 17.1 Å². The molecule has 1 aliphatic carbocycles. The predicted molar refractivity (Wildman–Crippen MR) is 99.7 cm³/mol. The maximum atomic E-state index is 13.1. The number of amides is 1.